The number of nitrogens with zero attached hydrogens (tertiary/aromatic N) is 4. The zero-order chi connectivity index (χ0) is 18.8. The molecule has 0 aliphatic carbocycles. The van der Waals surface area contributed by atoms with E-state index in [1.165, 1.54) is 16.4 Å². The lowest BCUT2D eigenvalue weighted by Gasteiger charge is -2.18. The summed E-state index contributed by atoms with van der Waals surface area (Å²) >= 11 is 0. The fraction of sp³-hybridized carbons (Fsp3) is 0.438. The van der Waals surface area contributed by atoms with Crippen molar-refractivity contribution in [3.8, 4) is 0 Å². The highest BCUT2D eigenvalue weighted by Gasteiger charge is 2.29. The van der Waals surface area contributed by atoms with Gasteiger partial charge in [-0.2, -0.15) is 9.40 Å². The summed E-state index contributed by atoms with van der Waals surface area (Å²) in [5, 5.41) is 15.1. The smallest absolute Gasteiger partial charge is 0.264 e. The zero-order valence-electron chi connectivity index (χ0n) is 14.8. The first-order valence-electron chi connectivity index (χ1n) is 7.99. The second kappa shape index (κ2) is 7.32. The van der Waals surface area contributed by atoms with E-state index in [2.05, 4.69) is 5.10 Å². The van der Waals surface area contributed by atoms with Crippen LogP contribution >= 0.6 is 0 Å². The fourth-order valence-electron chi connectivity index (χ4n) is 2.80. The number of hydrogen-bond donors (Lipinski definition) is 0. The van der Waals surface area contributed by atoms with E-state index in [9.17, 15) is 18.5 Å². The van der Waals surface area contributed by atoms with Crippen LogP contribution in [0.2, 0.25) is 0 Å². The number of non-ortho nitro benzene ring substituents is 1. The molecule has 25 heavy (non-hydrogen) atoms. The van der Waals surface area contributed by atoms with E-state index in [0.29, 0.717) is 31.0 Å². The molecule has 2 rings (SSSR count). The molecule has 0 amide bonds. The molecule has 8 nitrogen and oxygen atoms in total. The molecule has 0 fully saturated rings. The number of sulfonamides is 1. The van der Waals surface area contributed by atoms with Crippen molar-refractivity contribution in [2.24, 2.45) is 0 Å². The molecule has 0 N–H and O–H groups in total. The molecule has 0 unspecified atom stereocenters. The molecule has 2 aromatic rings. The van der Waals surface area contributed by atoms with E-state index >= 15 is 0 Å². The molecule has 1 heterocycles. The number of rotatable bonds is 7. The van der Waals surface area contributed by atoms with Crippen molar-refractivity contribution in [2.75, 3.05) is 13.1 Å². The van der Waals surface area contributed by atoms with Crippen LogP contribution in [0.25, 0.3) is 0 Å². The van der Waals surface area contributed by atoms with Gasteiger partial charge in [0.25, 0.3) is 5.69 Å². The summed E-state index contributed by atoms with van der Waals surface area (Å²) in [4.78, 5) is 10.5. The summed E-state index contributed by atoms with van der Waals surface area (Å²) < 4.78 is 28.7. The van der Waals surface area contributed by atoms with Crippen LogP contribution in [0.3, 0.4) is 0 Å². The topological polar surface area (TPSA) is 98.3 Å². The van der Waals surface area contributed by atoms with Crippen LogP contribution in [0, 0.1) is 24.0 Å². The summed E-state index contributed by atoms with van der Waals surface area (Å²) in [5.74, 6) is 0. The minimum Gasteiger partial charge on any atom is -0.264 e. The van der Waals surface area contributed by atoms with E-state index in [-0.39, 0.29) is 10.6 Å². The van der Waals surface area contributed by atoms with Crippen molar-refractivity contribution in [3.05, 3.63) is 51.3 Å². The van der Waals surface area contributed by atoms with Crippen molar-refractivity contribution in [1.29, 1.82) is 0 Å². The molecule has 136 valence electrons. The predicted octanol–water partition coefficient (Wildman–Crippen LogP) is 2.49. The molecule has 0 saturated heterocycles. The molecule has 1 aromatic carbocycles. The lowest BCUT2D eigenvalue weighted by molar-refractivity contribution is -0.384. The largest absolute Gasteiger partial charge is 0.269 e. The van der Waals surface area contributed by atoms with Gasteiger partial charge >= 0.3 is 0 Å². The fourth-order valence-corrected chi connectivity index (χ4v) is 4.63. The third kappa shape index (κ3) is 3.72. The molecule has 0 aliphatic rings. The normalized spacial score (nSPS) is 11.9. The Morgan fingerprint density at radius 1 is 1.16 bits per heavy atom. The van der Waals surface area contributed by atoms with Gasteiger partial charge in [-0.15, -0.1) is 0 Å². The van der Waals surface area contributed by atoms with Gasteiger partial charge in [-0.3, -0.25) is 14.8 Å². The van der Waals surface area contributed by atoms with Gasteiger partial charge < -0.3 is 0 Å². The van der Waals surface area contributed by atoms with Gasteiger partial charge in [0.2, 0.25) is 10.0 Å². The maximum Gasteiger partial charge on any atom is 0.269 e. The van der Waals surface area contributed by atoms with E-state index in [0.717, 1.165) is 5.56 Å². The average Bonchev–Trinajstić information content (AvgIpc) is 2.83. The van der Waals surface area contributed by atoms with E-state index in [4.69, 9.17) is 0 Å². The van der Waals surface area contributed by atoms with Crippen molar-refractivity contribution < 1.29 is 13.3 Å². The quantitative estimate of drug-likeness (QED) is 0.554. The van der Waals surface area contributed by atoms with Crippen molar-refractivity contribution in [1.82, 2.24) is 14.1 Å². The van der Waals surface area contributed by atoms with Crippen LogP contribution in [0.4, 0.5) is 5.69 Å². The van der Waals surface area contributed by atoms with Gasteiger partial charge in [-0.05, 0) is 19.4 Å². The first-order chi connectivity index (χ1) is 11.7. The van der Waals surface area contributed by atoms with Crippen LogP contribution in [-0.4, -0.2) is 40.5 Å². The molecule has 0 spiro atoms. The van der Waals surface area contributed by atoms with Gasteiger partial charge in [0, 0.05) is 25.2 Å². The second-order valence-electron chi connectivity index (χ2n) is 5.67. The Morgan fingerprint density at radius 3 is 2.20 bits per heavy atom. The highest BCUT2D eigenvalue weighted by Crippen LogP contribution is 2.24. The zero-order valence-corrected chi connectivity index (χ0v) is 15.6. The van der Waals surface area contributed by atoms with E-state index in [1.807, 2.05) is 0 Å². The molecule has 1 aromatic heterocycles. The lowest BCUT2D eigenvalue weighted by Crippen LogP contribution is -2.31. The summed E-state index contributed by atoms with van der Waals surface area (Å²) in [6.07, 6.45) is 0. The van der Waals surface area contributed by atoms with Crippen molar-refractivity contribution in [3.63, 3.8) is 0 Å². The molecule has 0 radical (unpaired) electrons. The Kier molecular flexibility index (Phi) is 5.58. The first-order valence-corrected chi connectivity index (χ1v) is 9.43. The van der Waals surface area contributed by atoms with Crippen LogP contribution in [-0.2, 0) is 16.6 Å². The number of benzene rings is 1. The van der Waals surface area contributed by atoms with Crippen LogP contribution < -0.4 is 0 Å². The Bertz CT molecular complexity index is 868. The third-order valence-electron chi connectivity index (χ3n) is 4.10. The molecule has 0 aliphatic heterocycles. The number of nitro groups is 1. The van der Waals surface area contributed by atoms with Crippen LogP contribution in [0.5, 0.6) is 0 Å². The molecule has 0 saturated carbocycles. The summed E-state index contributed by atoms with van der Waals surface area (Å²) in [6.45, 7) is 8.13. The maximum absolute atomic E-state index is 12.8. The standard InChI is InChI=1S/C16H22N4O4S/c1-5-18(6-2)25(23,24)16-12(3)17-19(13(16)4)11-14-7-9-15(10-8-14)20(21)22/h7-10H,5-6,11H2,1-4H3. The third-order valence-corrected chi connectivity index (χ3v) is 6.40. The Labute approximate surface area is 147 Å². The van der Waals surface area contributed by atoms with Gasteiger partial charge in [0.05, 0.1) is 22.9 Å². The minimum absolute atomic E-state index is 0.0157. The van der Waals surface area contributed by atoms with Crippen molar-refractivity contribution >= 4 is 15.7 Å². The van der Waals surface area contributed by atoms with Crippen LogP contribution in [0.15, 0.2) is 29.2 Å². The molecule has 0 bridgehead atoms. The van der Waals surface area contributed by atoms with E-state index < -0.39 is 14.9 Å². The Hall–Kier alpha value is -2.26. The van der Waals surface area contributed by atoms with Crippen molar-refractivity contribution in [2.45, 2.75) is 39.1 Å². The van der Waals surface area contributed by atoms with E-state index in [1.54, 1.807) is 44.5 Å². The Morgan fingerprint density at radius 2 is 1.72 bits per heavy atom. The molecule has 9 heteroatoms. The molecular weight excluding hydrogens is 344 g/mol. The lowest BCUT2D eigenvalue weighted by atomic mass is 10.2. The summed E-state index contributed by atoms with van der Waals surface area (Å²) in [7, 11) is -3.59. The maximum atomic E-state index is 12.8. The van der Waals surface area contributed by atoms with Gasteiger partial charge in [0.15, 0.2) is 0 Å². The van der Waals surface area contributed by atoms with Crippen LogP contribution in [0.1, 0.15) is 30.8 Å². The first kappa shape index (κ1) is 19.1. The number of nitro benzene ring substituents is 1. The predicted molar refractivity (Wildman–Crippen MR) is 94.0 cm³/mol. The Balaban J connectivity index is 2.38. The monoisotopic (exact) mass is 366 g/mol. The number of aromatic nitrogens is 2. The van der Waals surface area contributed by atoms with Gasteiger partial charge in [-0.1, -0.05) is 26.0 Å². The summed E-state index contributed by atoms with van der Waals surface area (Å²) in [5.41, 5.74) is 1.83. The highest BCUT2D eigenvalue weighted by molar-refractivity contribution is 7.89. The number of hydrogen-bond acceptors (Lipinski definition) is 5. The minimum atomic E-state index is -3.59. The average molecular weight is 366 g/mol. The highest BCUT2D eigenvalue weighted by atomic mass is 32.2. The van der Waals surface area contributed by atoms with Gasteiger partial charge in [-0.25, -0.2) is 8.42 Å². The SMILES string of the molecule is CCN(CC)S(=O)(=O)c1c(C)nn(Cc2ccc([N+](=O)[O-])cc2)c1C. The summed E-state index contributed by atoms with van der Waals surface area (Å²) in [6, 6.07) is 6.14. The van der Waals surface area contributed by atoms with Gasteiger partial charge in [0.1, 0.15) is 4.90 Å². The molecular formula is C16H22N4O4S. The number of aryl methyl sites for hydroxylation is 1. The second-order valence-corrected chi connectivity index (χ2v) is 7.55. The molecule has 0 atom stereocenters.